The Hall–Kier alpha value is -2.68. The molecule has 0 spiro atoms. The van der Waals surface area contributed by atoms with Gasteiger partial charge in [0.1, 0.15) is 11.5 Å². The molecule has 5 rings (SSSR count). The van der Waals surface area contributed by atoms with E-state index >= 15 is 0 Å². The number of fused-ring (bicyclic) bond motifs is 5. The van der Waals surface area contributed by atoms with Crippen molar-refractivity contribution in [3.63, 3.8) is 0 Å². The van der Waals surface area contributed by atoms with Crippen LogP contribution >= 0.6 is 23.2 Å². The van der Waals surface area contributed by atoms with Crippen LogP contribution in [0.5, 0.6) is 11.5 Å². The first-order valence-corrected chi connectivity index (χ1v) is 10.0. The predicted molar refractivity (Wildman–Crippen MR) is 107 cm³/mol. The summed E-state index contributed by atoms with van der Waals surface area (Å²) < 4.78 is 11.4. The summed E-state index contributed by atoms with van der Waals surface area (Å²) in [4.78, 5) is 37.9. The van der Waals surface area contributed by atoms with E-state index in [1.807, 2.05) is 0 Å². The number of nitro groups is 1. The van der Waals surface area contributed by atoms with Gasteiger partial charge in [0.15, 0.2) is 0 Å². The summed E-state index contributed by atoms with van der Waals surface area (Å²) in [7, 11) is 0. The van der Waals surface area contributed by atoms with Gasteiger partial charge in [-0.2, -0.15) is 0 Å². The normalized spacial score (nSPS) is 26.9. The number of carbonyl (C=O) groups excluding carboxylic acids is 2. The van der Waals surface area contributed by atoms with Crippen LogP contribution < -0.4 is 9.64 Å². The van der Waals surface area contributed by atoms with E-state index in [9.17, 15) is 19.7 Å². The summed E-state index contributed by atoms with van der Waals surface area (Å²) in [6.45, 7) is 0. The van der Waals surface area contributed by atoms with Gasteiger partial charge in [-0.25, -0.2) is 4.90 Å². The molecule has 154 valence electrons. The van der Waals surface area contributed by atoms with Crippen molar-refractivity contribution in [3.05, 3.63) is 56.6 Å². The fraction of sp³-hybridized carbons (Fsp3) is 0.300. The maximum Gasteiger partial charge on any atom is 0.275 e. The highest BCUT2D eigenvalue weighted by Gasteiger charge is 2.62. The summed E-state index contributed by atoms with van der Waals surface area (Å²) in [6.07, 6.45) is 0.918. The monoisotopic (exact) mass is 448 g/mol. The van der Waals surface area contributed by atoms with Gasteiger partial charge in [0, 0.05) is 17.2 Å². The number of nitro benzene ring substituents is 1. The Morgan fingerprint density at radius 1 is 1.03 bits per heavy atom. The molecule has 3 aliphatic heterocycles. The highest BCUT2D eigenvalue weighted by molar-refractivity contribution is 6.35. The van der Waals surface area contributed by atoms with Crippen molar-refractivity contribution >= 4 is 46.4 Å². The molecule has 3 heterocycles. The molecule has 3 fully saturated rings. The van der Waals surface area contributed by atoms with Crippen LogP contribution in [0.25, 0.3) is 0 Å². The second-order valence-electron chi connectivity index (χ2n) is 7.47. The molecule has 2 bridgehead atoms. The Morgan fingerprint density at radius 3 is 2.30 bits per heavy atom. The van der Waals surface area contributed by atoms with E-state index in [2.05, 4.69) is 0 Å². The molecule has 8 nitrogen and oxygen atoms in total. The number of anilines is 1. The molecule has 2 amide bonds. The zero-order chi connectivity index (χ0) is 21.2. The third-order valence-corrected chi connectivity index (χ3v) is 6.28. The van der Waals surface area contributed by atoms with Crippen LogP contribution in [0.3, 0.4) is 0 Å². The Balaban J connectivity index is 1.53. The number of benzene rings is 2. The van der Waals surface area contributed by atoms with Crippen LogP contribution in [0.15, 0.2) is 36.4 Å². The van der Waals surface area contributed by atoms with E-state index < -0.39 is 28.6 Å². The van der Waals surface area contributed by atoms with E-state index in [0.29, 0.717) is 5.02 Å². The summed E-state index contributed by atoms with van der Waals surface area (Å²) in [6, 6.07) is 8.36. The number of halogens is 2. The molecule has 30 heavy (non-hydrogen) atoms. The minimum Gasteiger partial charge on any atom is -0.455 e. The number of ether oxygens (including phenoxy) is 2. The molecule has 0 saturated carbocycles. The highest BCUT2D eigenvalue weighted by atomic mass is 35.5. The van der Waals surface area contributed by atoms with Crippen molar-refractivity contribution in [2.45, 2.75) is 25.0 Å². The molecule has 0 N–H and O–H groups in total. The molecule has 2 aromatic carbocycles. The van der Waals surface area contributed by atoms with Gasteiger partial charge in [-0.3, -0.25) is 19.7 Å². The van der Waals surface area contributed by atoms with Crippen LogP contribution in [-0.4, -0.2) is 28.9 Å². The third-order valence-electron chi connectivity index (χ3n) is 5.75. The van der Waals surface area contributed by atoms with Crippen molar-refractivity contribution in [1.82, 2.24) is 0 Å². The van der Waals surface area contributed by atoms with E-state index in [4.69, 9.17) is 32.7 Å². The Bertz CT molecular complexity index is 1080. The largest absolute Gasteiger partial charge is 0.455 e. The maximum atomic E-state index is 13.0. The smallest absolute Gasteiger partial charge is 0.275 e. The average molecular weight is 449 g/mol. The van der Waals surface area contributed by atoms with E-state index in [-0.39, 0.29) is 40.1 Å². The number of carbonyl (C=O) groups is 2. The van der Waals surface area contributed by atoms with E-state index in [0.717, 1.165) is 17.7 Å². The molecule has 3 saturated heterocycles. The first-order valence-electron chi connectivity index (χ1n) is 9.29. The molecule has 0 unspecified atom stereocenters. The van der Waals surface area contributed by atoms with Gasteiger partial charge in [0.25, 0.3) is 5.69 Å². The van der Waals surface area contributed by atoms with Crippen LogP contribution in [-0.2, 0) is 14.3 Å². The Kier molecular flexibility index (Phi) is 4.46. The first kappa shape index (κ1) is 19.3. The van der Waals surface area contributed by atoms with Crippen LogP contribution in [0.4, 0.5) is 11.4 Å². The molecular weight excluding hydrogens is 435 g/mol. The molecule has 0 aliphatic carbocycles. The Morgan fingerprint density at radius 2 is 1.70 bits per heavy atom. The number of hydrogen-bond acceptors (Lipinski definition) is 6. The lowest BCUT2D eigenvalue weighted by Crippen LogP contribution is -2.34. The second kappa shape index (κ2) is 6.94. The predicted octanol–water partition coefficient (Wildman–Crippen LogP) is 4.36. The molecule has 0 radical (unpaired) electrons. The molecule has 4 atom stereocenters. The number of hydrogen-bond donors (Lipinski definition) is 0. The zero-order valence-electron chi connectivity index (χ0n) is 15.3. The molecule has 2 aromatic rings. The molecular formula is C20H14Cl2N2O6. The summed E-state index contributed by atoms with van der Waals surface area (Å²) >= 11 is 12.0. The summed E-state index contributed by atoms with van der Waals surface area (Å²) in [5.41, 5.74) is -0.224. The first-order chi connectivity index (χ1) is 14.3. The van der Waals surface area contributed by atoms with Crippen molar-refractivity contribution in [2.75, 3.05) is 4.90 Å². The van der Waals surface area contributed by atoms with Gasteiger partial charge in [-0.05, 0) is 31.0 Å². The SMILES string of the molecule is O=C1[C@@H]2[C@H](C(=O)N1c1cc(Oc3ccc(Cl)cc3Cl)cc([N+](=O)[O-])c1)[C@@H]1CC[C@@H]2O1. The van der Waals surface area contributed by atoms with Crippen LogP contribution in [0, 0.1) is 22.0 Å². The number of nitrogens with zero attached hydrogens (tertiary/aromatic N) is 2. The van der Waals surface area contributed by atoms with Crippen molar-refractivity contribution in [1.29, 1.82) is 0 Å². The second-order valence-corrected chi connectivity index (χ2v) is 8.32. The molecule has 10 heteroatoms. The number of imide groups is 1. The fourth-order valence-corrected chi connectivity index (χ4v) is 4.96. The van der Waals surface area contributed by atoms with Crippen LogP contribution in [0.1, 0.15) is 12.8 Å². The number of rotatable bonds is 4. The minimum absolute atomic E-state index is 0.0697. The lowest BCUT2D eigenvalue weighted by atomic mass is 9.81. The lowest BCUT2D eigenvalue weighted by Gasteiger charge is -2.18. The van der Waals surface area contributed by atoms with Gasteiger partial charge in [-0.15, -0.1) is 0 Å². The molecule has 3 aliphatic rings. The Labute approximate surface area is 180 Å². The van der Waals surface area contributed by atoms with Crippen LogP contribution in [0.2, 0.25) is 10.0 Å². The standard InChI is InChI=1S/C20H14Cl2N2O6/c21-9-1-2-14(13(22)5-9)29-12-7-10(6-11(8-12)24(27)28)23-19(25)17-15-3-4-16(30-15)18(17)20(23)26/h1-2,5-8,15-18H,3-4H2/t15-,16-,17-,18+/m0/s1. The minimum atomic E-state index is -0.613. The van der Waals surface area contributed by atoms with Crippen molar-refractivity contribution in [2.24, 2.45) is 11.8 Å². The van der Waals surface area contributed by atoms with Gasteiger partial charge < -0.3 is 9.47 Å². The highest BCUT2D eigenvalue weighted by Crippen LogP contribution is 2.50. The number of non-ortho nitro benzene ring substituents is 1. The fourth-order valence-electron chi connectivity index (χ4n) is 4.51. The van der Waals surface area contributed by atoms with Gasteiger partial charge in [0.05, 0.1) is 45.7 Å². The van der Waals surface area contributed by atoms with Gasteiger partial charge >= 0.3 is 0 Å². The maximum absolute atomic E-state index is 13.0. The van der Waals surface area contributed by atoms with E-state index in [1.165, 1.54) is 30.3 Å². The van der Waals surface area contributed by atoms with Crippen molar-refractivity contribution < 1.29 is 24.0 Å². The topological polar surface area (TPSA) is 99.0 Å². The number of amides is 2. The van der Waals surface area contributed by atoms with Gasteiger partial charge in [0.2, 0.25) is 11.8 Å². The third kappa shape index (κ3) is 2.94. The van der Waals surface area contributed by atoms with Crippen molar-refractivity contribution in [3.8, 4) is 11.5 Å². The average Bonchev–Trinajstić information content (AvgIpc) is 3.37. The van der Waals surface area contributed by atoms with E-state index in [1.54, 1.807) is 6.07 Å². The quantitative estimate of drug-likeness (QED) is 0.391. The zero-order valence-corrected chi connectivity index (χ0v) is 16.8. The lowest BCUT2D eigenvalue weighted by molar-refractivity contribution is -0.384. The summed E-state index contributed by atoms with van der Waals surface area (Å²) in [5, 5.41) is 12.1. The molecule has 0 aromatic heterocycles. The van der Waals surface area contributed by atoms with Gasteiger partial charge in [-0.1, -0.05) is 23.2 Å². The summed E-state index contributed by atoms with van der Waals surface area (Å²) in [5.74, 6) is -1.56.